The summed E-state index contributed by atoms with van der Waals surface area (Å²) in [6.07, 6.45) is 0.752. The Morgan fingerprint density at radius 1 is 1.07 bits per heavy atom. The van der Waals surface area contributed by atoms with E-state index < -0.39 is 6.09 Å². The number of nitrogens with one attached hydrogen (secondary N) is 1. The van der Waals surface area contributed by atoms with Gasteiger partial charge < -0.3 is 29.7 Å². The number of rotatable bonds is 7. The molecule has 2 aromatic carbocycles. The Bertz CT molecular complexity index is 1400. The molecule has 3 saturated heterocycles. The second-order valence-electron chi connectivity index (χ2n) is 10.1. The third kappa shape index (κ3) is 5.61. The number of nitriles is 1. The monoisotopic (exact) mass is 542 g/mol. The van der Waals surface area contributed by atoms with E-state index in [1.165, 1.54) is 16.9 Å². The van der Waals surface area contributed by atoms with Crippen LogP contribution in [0, 0.1) is 11.3 Å². The van der Waals surface area contributed by atoms with Crippen molar-refractivity contribution in [1.29, 1.82) is 5.26 Å². The van der Waals surface area contributed by atoms with Crippen molar-refractivity contribution < 1.29 is 19.4 Å². The van der Waals surface area contributed by atoms with Crippen molar-refractivity contribution in [3.05, 3.63) is 54.4 Å². The number of carboxylic acid groups (broad SMARTS) is 1. The summed E-state index contributed by atoms with van der Waals surface area (Å²) in [5.41, 5.74) is 3.03. The first-order valence-electron chi connectivity index (χ1n) is 13.4. The molecule has 12 nitrogen and oxygen atoms in total. The van der Waals surface area contributed by atoms with E-state index in [0.29, 0.717) is 47.7 Å². The summed E-state index contributed by atoms with van der Waals surface area (Å²) in [7, 11) is 0. The molecule has 6 rings (SSSR count). The van der Waals surface area contributed by atoms with Crippen LogP contribution >= 0.6 is 0 Å². The van der Waals surface area contributed by atoms with Crippen molar-refractivity contribution in [3.8, 4) is 23.2 Å². The molecule has 0 saturated carbocycles. The molecule has 0 radical (unpaired) electrons. The molecule has 40 heavy (non-hydrogen) atoms. The number of carbonyl (C=O) groups is 1. The van der Waals surface area contributed by atoms with Crippen molar-refractivity contribution in [2.45, 2.75) is 18.6 Å². The SMILES string of the molecule is N#Cc1cc(-c2ncnc(Nc3ccc(N4CCN(C5COC5)CC4)cc3)n2)ccc1O[C@@H]1CCN(C(=O)O)C1. The normalized spacial score (nSPS) is 19.6. The van der Waals surface area contributed by atoms with E-state index in [2.05, 4.69) is 48.3 Å². The Balaban J connectivity index is 1.09. The van der Waals surface area contributed by atoms with Gasteiger partial charge in [-0.2, -0.15) is 10.2 Å². The minimum Gasteiger partial charge on any atom is -0.487 e. The predicted molar refractivity (Wildman–Crippen MR) is 147 cm³/mol. The van der Waals surface area contributed by atoms with Gasteiger partial charge in [0.1, 0.15) is 24.3 Å². The number of hydrogen-bond acceptors (Lipinski definition) is 10. The maximum Gasteiger partial charge on any atom is 0.407 e. The van der Waals surface area contributed by atoms with E-state index in [9.17, 15) is 10.1 Å². The van der Waals surface area contributed by atoms with E-state index in [1.54, 1.807) is 18.2 Å². The summed E-state index contributed by atoms with van der Waals surface area (Å²) in [5.74, 6) is 1.23. The van der Waals surface area contributed by atoms with Crippen LogP contribution in [0.1, 0.15) is 12.0 Å². The zero-order valence-corrected chi connectivity index (χ0v) is 21.9. The fraction of sp³-hybridized carbons (Fsp3) is 0.393. The summed E-state index contributed by atoms with van der Waals surface area (Å²) < 4.78 is 11.3. The zero-order valence-electron chi connectivity index (χ0n) is 21.9. The average molecular weight is 543 g/mol. The highest BCUT2D eigenvalue weighted by atomic mass is 16.5. The Labute approximate surface area is 231 Å². The van der Waals surface area contributed by atoms with E-state index in [1.807, 2.05) is 12.1 Å². The molecule has 4 heterocycles. The first-order valence-corrected chi connectivity index (χ1v) is 13.4. The van der Waals surface area contributed by atoms with E-state index in [-0.39, 0.29) is 12.6 Å². The molecule has 1 amide bonds. The smallest absolute Gasteiger partial charge is 0.407 e. The van der Waals surface area contributed by atoms with Crippen LogP contribution in [-0.2, 0) is 4.74 Å². The van der Waals surface area contributed by atoms with Crippen LogP contribution in [0.25, 0.3) is 11.4 Å². The van der Waals surface area contributed by atoms with E-state index in [4.69, 9.17) is 14.6 Å². The highest BCUT2D eigenvalue weighted by Gasteiger charge is 2.29. The number of amides is 1. The lowest BCUT2D eigenvalue weighted by Crippen LogP contribution is -2.56. The molecule has 12 heteroatoms. The Hall–Kier alpha value is -4.47. The van der Waals surface area contributed by atoms with Crippen molar-refractivity contribution in [3.63, 3.8) is 0 Å². The first-order chi connectivity index (χ1) is 19.6. The molecule has 2 N–H and O–H groups in total. The van der Waals surface area contributed by atoms with Gasteiger partial charge in [-0.1, -0.05) is 0 Å². The Kier molecular flexibility index (Phi) is 7.31. The molecule has 3 fully saturated rings. The highest BCUT2D eigenvalue weighted by Crippen LogP contribution is 2.28. The molecule has 0 unspecified atom stereocenters. The van der Waals surface area contributed by atoms with Crippen LogP contribution in [0.2, 0.25) is 0 Å². The number of hydrogen-bond donors (Lipinski definition) is 2. The summed E-state index contributed by atoms with van der Waals surface area (Å²) in [5, 5.41) is 22.1. The third-order valence-electron chi connectivity index (χ3n) is 7.58. The molecule has 3 aliphatic heterocycles. The lowest BCUT2D eigenvalue weighted by Gasteiger charge is -2.43. The Morgan fingerprint density at radius 2 is 1.88 bits per heavy atom. The number of ether oxygens (including phenoxy) is 2. The minimum absolute atomic E-state index is 0.276. The number of piperazine rings is 1. The second kappa shape index (κ2) is 11.3. The summed E-state index contributed by atoms with van der Waals surface area (Å²) in [6, 6.07) is 16.1. The van der Waals surface area contributed by atoms with Crippen LogP contribution in [0.3, 0.4) is 0 Å². The predicted octanol–water partition coefficient (Wildman–Crippen LogP) is 2.81. The van der Waals surface area contributed by atoms with Gasteiger partial charge in [-0.3, -0.25) is 4.90 Å². The van der Waals surface area contributed by atoms with Crippen LogP contribution < -0.4 is 15.0 Å². The molecule has 1 atom stereocenters. The third-order valence-corrected chi connectivity index (χ3v) is 7.58. The molecule has 1 aromatic heterocycles. The van der Waals surface area contributed by atoms with Crippen LogP contribution in [0.5, 0.6) is 5.75 Å². The van der Waals surface area contributed by atoms with E-state index >= 15 is 0 Å². The first kappa shape index (κ1) is 25.8. The molecule has 3 aliphatic rings. The summed E-state index contributed by atoms with van der Waals surface area (Å²) >= 11 is 0. The van der Waals surface area contributed by atoms with Gasteiger partial charge in [0.25, 0.3) is 0 Å². The van der Waals surface area contributed by atoms with Crippen molar-refractivity contribution in [1.82, 2.24) is 24.8 Å². The fourth-order valence-corrected chi connectivity index (χ4v) is 5.20. The van der Waals surface area contributed by atoms with Gasteiger partial charge in [0, 0.05) is 56.1 Å². The van der Waals surface area contributed by atoms with E-state index in [0.717, 1.165) is 45.1 Å². The highest BCUT2D eigenvalue weighted by molar-refractivity contribution is 5.66. The maximum absolute atomic E-state index is 11.2. The molecule has 0 bridgehead atoms. The Morgan fingerprint density at radius 3 is 2.55 bits per heavy atom. The molecule has 0 spiro atoms. The summed E-state index contributed by atoms with van der Waals surface area (Å²) in [6.45, 7) is 6.49. The van der Waals surface area contributed by atoms with Crippen molar-refractivity contribution >= 4 is 23.4 Å². The van der Waals surface area contributed by atoms with Crippen LogP contribution in [-0.4, -0.2) is 101 Å². The number of anilines is 3. The molecule has 206 valence electrons. The topological polar surface area (TPSA) is 140 Å². The van der Waals surface area contributed by atoms with Gasteiger partial charge in [0.2, 0.25) is 5.95 Å². The molecule has 0 aliphatic carbocycles. The van der Waals surface area contributed by atoms with Gasteiger partial charge in [-0.05, 0) is 42.5 Å². The standard InChI is InChI=1S/C28H30N8O4/c29-14-20-13-19(1-6-25(20)40-24-7-8-36(15-24)28(37)38)26-30-18-31-27(33-26)32-21-2-4-22(5-3-21)34-9-11-35(12-10-34)23-16-39-17-23/h1-6,13,18,23-24H,7-12,15-17H2,(H,37,38)(H,30,31,32,33)/t24-/m1/s1. The maximum atomic E-state index is 11.2. The van der Waals surface area contributed by atoms with Gasteiger partial charge >= 0.3 is 6.09 Å². The molecular formula is C28H30N8O4. The number of benzene rings is 2. The number of nitrogens with zero attached hydrogens (tertiary/aromatic N) is 7. The van der Waals surface area contributed by atoms with Gasteiger partial charge in [0.05, 0.1) is 31.4 Å². The lowest BCUT2D eigenvalue weighted by molar-refractivity contribution is -0.0660. The fourth-order valence-electron chi connectivity index (χ4n) is 5.20. The lowest BCUT2D eigenvalue weighted by atomic mass is 10.1. The zero-order chi connectivity index (χ0) is 27.5. The van der Waals surface area contributed by atoms with Crippen molar-refractivity contribution in [2.24, 2.45) is 0 Å². The number of aromatic nitrogens is 3. The quantitative estimate of drug-likeness (QED) is 0.455. The minimum atomic E-state index is -0.967. The molecular weight excluding hydrogens is 512 g/mol. The molecule has 3 aromatic rings. The van der Waals surface area contributed by atoms with Crippen LogP contribution in [0.4, 0.5) is 22.1 Å². The van der Waals surface area contributed by atoms with Gasteiger partial charge in [-0.15, -0.1) is 0 Å². The van der Waals surface area contributed by atoms with Gasteiger partial charge in [-0.25, -0.2) is 14.8 Å². The average Bonchev–Trinajstić information content (AvgIpc) is 3.42. The second-order valence-corrected chi connectivity index (χ2v) is 10.1. The number of likely N-dealkylation sites (tertiary alicyclic amines) is 1. The van der Waals surface area contributed by atoms with Crippen LogP contribution in [0.15, 0.2) is 48.8 Å². The van der Waals surface area contributed by atoms with Gasteiger partial charge in [0.15, 0.2) is 5.82 Å². The largest absolute Gasteiger partial charge is 0.487 e. The summed E-state index contributed by atoms with van der Waals surface area (Å²) in [4.78, 5) is 30.5. The van der Waals surface area contributed by atoms with Crippen molar-refractivity contribution in [2.75, 3.05) is 62.7 Å².